The van der Waals surface area contributed by atoms with Gasteiger partial charge in [-0.1, -0.05) is 23.2 Å². The molecule has 208 valence electrons. The second-order valence-electron chi connectivity index (χ2n) is 9.81. The van der Waals surface area contributed by atoms with E-state index in [-0.39, 0.29) is 24.8 Å². The van der Waals surface area contributed by atoms with Gasteiger partial charge in [0.15, 0.2) is 0 Å². The molecule has 1 unspecified atom stereocenters. The Morgan fingerprint density at radius 2 is 1.90 bits per heavy atom. The molecule has 0 spiro atoms. The van der Waals surface area contributed by atoms with Gasteiger partial charge in [0.25, 0.3) is 5.91 Å². The van der Waals surface area contributed by atoms with Gasteiger partial charge in [0.1, 0.15) is 18.0 Å². The van der Waals surface area contributed by atoms with Crippen molar-refractivity contribution >= 4 is 68.7 Å². The lowest BCUT2D eigenvalue weighted by Crippen LogP contribution is -2.35. The second kappa shape index (κ2) is 11.6. The highest BCUT2D eigenvalue weighted by Crippen LogP contribution is 2.32. The SMILES string of the molecule is CN(CC(N)=O)C(=O)CCC(Nc1ncnc2cc(C(=O)N3CCCC3)c(Cl)cc12)c1nc2cc(Cl)ccc2[nH]1. The first kappa shape index (κ1) is 27.6. The number of likely N-dealkylation sites (tertiary alicyclic amines) is 1. The summed E-state index contributed by atoms with van der Waals surface area (Å²) in [6.45, 7) is 1.25. The monoisotopic (exact) mass is 582 g/mol. The number of nitrogens with one attached hydrogen (secondary N) is 2. The summed E-state index contributed by atoms with van der Waals surface area (Å²) < 4.78 is 0. The Hall–Kier alpha value is -3.96. The Labute approximate surface area is 240 Å². The van der Waals surface area contributed by atoms with E-state index >= 15 is 0 Å². The van der Waals surface area contributed by atoms with Crippen LogP contribution >= 0.6 is 23.2 Å². The van der Waals surface area contributed by atoms with Crippen molar-refractivity contribution in [2.45, 2.75) is 31.7 Å². The van der Waals surface area contributed by atoms with E-state index in [4.69, 9.17) is 33.9 Å². The predicted molar refractivity (Wildman–Crippen MR) is 153 cm³/mol. The molecule has 0 bridgehead atoms. The lowest BCUT2D eigenvalue weighted by molar-refractivity contribution is -0.133. The number of hydrogen-bond acceptors (Lipinski definition) is 7. The summed E-state index contributed by atoms with van der Waals surface area (Å²) >= 11 is 12.8. The summed E-state index contributed by atoms with van der Waals surface area (Å²) in [7, 11) is 1.53. The number of hydrogen-bond donors (Lipinski definition) is 3. The van der Waals surface area contributed by atoms with Crippen molar-refractivity contribution in [1.29, 1.82) is 0 Å². The number of likely N-dealkylation sites (N-methyl/N-ethyl adjacent to an activating group) is 1. The lowest BCUT2D eigenvalue weighted by Gasteiger charge is -2.21. The summed E-state index contributed by atoms with van der Waals surface area (Å²) in [5.41, 5.74) is 7.65. The Balaban J connectivity index is 1.46. The molecule has 0 aliphatic carbocycles. The minimum Gasteiger partial charge on any atom is -0.368 e. The number of H-pyrrole nitrogens is 1. The van der Waals surface area contributed by atoms with Crippen LogP contribution in [0.5, 0.6) is 0 Å². The highest BCUT2D eigenvalue weighted by Gasteiger charge is 2.24. The van der Waals surface area contributed by atoms with Gasteiger partial charge >= 0.3 is 0 Å². The van der Waals surface area contributed by atoms with Gasteiger partial charge in [-0.2, -0.15) is 0 Å². The topological polar surface area (TPSA) is 150 Å². The van der Waals surface area contributed by atoms with Crippen LogP contribution < -0.4 is 11.1 Å². The van der Waals surface area contributed by atoms with Crippen molar-refractivity contribution in [1.82, 2.24) is 29.7 Å². The number of rotatable bonds is 9. The fourth-order valence-electron chi connectivity index (χ4n) is 4.83. The normalized spacial score (nSPS) is 14.0. The van der Waals surface area contributed by atoms with Crippen LogP contribution in [0.25, 0.3) is 21.9 Å². The first-order valence-electron chi connectivity index (χ1n) is 12.9. The minimum absolute atomic E-state index is 0.109. The molecule has 1 aliphatic heterocycles. The van der Waals surface area contributed by atoms with Gasteiger partial charge in [0, 0.05) is 37.0 Å². The van der Waals surface area contributed by atoms with Crippen LogP contribution in [0.3, 0.4) is 0 Å². The number of fused-ring (bicyclic) bond motifs is 2. The molecule has 4 N–H and O–H groups in total. The maximum Gasteiger partial charge on any atom is 0.255 e. The lowest BCUT2D eigenvalue weighted by atomic mass is 10.1. The fraction of sp³-hybridized carbons (Fsp3) is 0.333. The minimum atomic E-state index is -0.591. The summed E-state index contributed by atoms with van der Waals surface area (Å²) in [5.74, 6) is 0.0850. The molecule has 0 radical (unpaired) electrons. The molecular weight excluding hydrogens is 555 g/mol. The predicted octanol–water partition coefficient (Wildman–Crippen LogP) is 3.93. The number of carbonyl (C=O) groups is 3. The second-order valence-corrected chi connectivity index (χ2v) is 10.6. The molecule has 1 aliphatic rings. The summed E-state index contributed by atoms with van der Waals surface area (Å²) in [5, 5.41) is 4.86. The fourth-order valence-corrected chi connectivity index (χ4v) is 5.24. The van der Waals surface area contributed by atoms with Crippen LogP contribution in [0.1, 0.15) is 47.9 Å². The largest absolute Gasteiger partial charge is 0.368 e. The smallest absolute Gasteiger partial charge is 0.255 e. The Bertz CT molecular complexity index is 1600. The summed E-state index contributed by atoms with van der Waals surface area (Å²) in [6, 6.07) is 8.22. The highest BCUT2D eigenvalue weighted by atomic mass is 35.5. The van der Waals surface area contributed by atoms with Crippen molar-refractivity contribution in [3.8, 4) is 0 Å². The molecule has 40 heavy (non-hydrogen) atoms. The van der Waals surface area contributed by atoms with Crippen molar-refractivity contribution < 1.29 is 14.4 Å². The van der Waals surface area contributed by atoms with Crippen molar-refractivity contribution in [3.63, 3.8) is 0 Å². The van der Waals surface area contributed by atoms with Crippen molar-refractivity contribution in [3.05, 3.63) is 58.1 Å². The van der Waals surface area contributed by atoms with E-state index in [2.05, 4.69) is 20.3 Å². The molecule has 0 saturated carbocycles. The number of carbonyl (C=O) groups excluding carboxylic acids is 3. The summed E-state index contributed by atoms with van der Waals surface area (Å²) in [4.78, 5) is 56.9. The Kier molecular flexibility index (Phi) is 8.04. The molecule has 4 aromatic rings. The highest BCUT2D eigenvalue weighted by molar-refractivity contribution is 6.35. The standard InChI is InChI=1S/C27H28Cl2N8O3/c1-36(13-23(30)38)24(39)7-6-20(26-33-19-5-4-15(28)10-22(19)35-26)34-25-17-11-18(29)16(12-21(17)31-14-32-25)27(40)37-8-2-3-9-37/h4-5,10-12,14,20H,2-3,6-9,13H2,1H3,(H2,30,38)(H,33,35)(H,31,32,34). The van der Waals surface area contributed by atoms with Gasteiger partial charge in [-0.15, -0.1) is 0 Å². The average Bonchev–Trinajstić information content (AvgIpc) is 3.60. The van der Waals surface area contributed by atoms with E-state index in [1.165, 1.54) is 18.3 Å². The van der Waals surface area contributed by atoms with E-state index < -0.39 is 11.9 Å². The number of aromatic amines is 1. The number of primary amides is 1. The Morgan fingerprint density at radius 3 is 2.65 bits per heavy atom. The van der Waals surface area contributed by atoms with Gasteiger partial charge in [-0.25, -0.2) is 15.0 Å². The zero-order chi connectivity index (χ0) is 28.4. The molecule has 1 atom stereocenters. The average molecular weight is 583 g/mol. The maximum atomic E-state index is 13.0. The molecule has 3 heterocycles. The van der Waals surface area contributed by atoms with Crippen LogP contribution in [-0.2, 0) is 9.59 Å². The molecular formula is C27H28Cl2N8O3. The number of halogens is 2. The third kappa shape index (κ3) is 5.95. The van der Waals surface area contributed by atoms with Gasteiger partial charge in [-0.05, 0) is 49.6 Å². The maximum absolute atomic E-state index is 13.0. The van der Waals surface area contributed by atoms with Gasteiger partial charge in [-0.3, -0.25) is 14.4 Å². The first-order chi connectivity index (χ1) is 19.2. The molecule has 2 aromatic carbocycles. The molecule has 1 fully saturated rings. The number of benzene rings is 2. The quantitative estimate of drug-likeness (QED) is 0.270. The third-order valence-corrected chi connectivity index (χ3v) is 7.47. The van der Waals surface area contributed by atoms with E-state index in [9.17, 15) is 14.4 Å². The number of anilines is 1. The molecule has 5 rings (SSSR count). The van der Waals surface area contributed by atoms with Crippen molar-refractivity contribution in [2.24, 2.45) is 5.73 Å². The van der Waals surface area contributed by atoms with Crippen LogP contribution in [-0.4, -0.2) is 74.1 Å². The number of amides is 3. The van der Waals surface area contributed by atoms with E-state index in [0.717, 1.165) is 18.4 Å². The molecule has 1 saturated heterocycles. The zero-order valence-electron chi connectivity index (χ0n) is 21.8. The van der Waals surface area contributed by atoms with Crippen LogP contribution in [0, 0.1) is 0 Å². The van der Waals surface area contributed by atoms with E-state index in [1.807, 2.05) is 6.07 Å². The zero-order valence-corrected chi connectivity index (χ0v) is 23.3. The van der Waals surface area contributed by atoms with E-state index in [0.29, 0.717) is 63.2 Å². The van der Waals surface area contributed by atoms with Crippen LogP contribution in [0.4, 0.5) is 5.82 Å². The number of nitrogens with zero attached hydrogens (tertiary/aromatic N) is 5. The first-order valence-corrected chi connectivity index (χ1v) is 13.6. The third-order valence-electron chi connectivity index (χ3n) is 6.92. The van der Waals surface area contributed by atoms with Gasteiger partial charge in [0.2, 0.25) is 11.8 Å². The molecule has 2 aromatic heterocycles. The number of imidazole rings is 1. The molecule has 3 amide bonds. The van der Waals surface area contributed by atoms with Crippen molar-refractivity contribution in [2.75, 3.05) is 32.0 Å². The van der Waals surface area contributed by atoms with Gasteiger partial charge in [0.05, 0.1) is 39.7 Å². The number of aromatic nitrogens is 4. The molecule has 11 nitrogen and oxygen atoms in total. The van der Waals surface area contributed by atoms with Crippen LogP contribution in [0.15, 0.2) is 36.7 Å². The number of nitrogens with two attached hydrogens (primary N) is 1. The Morgan fingerprint density at radius 1 is 1.12 bits per heavy atom. The van der Waals surface area contributed by atoms with E-state index in [1.54, 1.807) is 29.2 Å². The van der Waals surface area contributed by atoms with Crippen LogP contribution in [0.2, 0.25) is 10.0 Å². The van der Waals surface area contributed by atoms with Gasteiger partial charge < -0.3 is 25.8 Å². The summed E-state index contributed by atoms with van der Waals surface area (Å²) in [6.07, 6.45) is 3.79. The molecule has 13 heteroatoms.